The molecule has 2 aromatic heterocycles. The predicted octanol–water partition coefficient (Wildman–Crippen LogP) is 4.56. The maximum Gasteiger partial charge on any atom is 0.435 e. The highest BCUT2D eigenvalue weighted by atomic mass is 35.5. The van der Waals surface area contributed by atoms with Crippen molar-refractivity contribution in [2.45, 2.75) is 13.1 Å². The molecular weight excluding hydrogens is 377 g/mol. The lowest BCUT2D eigenvalue weighted by Gasteiger charge is -2.08. The summed E-state index contributed by atoms with van der Waals surface area (Å²) >= 11 is 7.07. The summed E-state index contributed by atoms with van der Waals surface area (Å²) in [5.74, 6) is -0.744. The van der Waals surface area contributed by atoms with E-state index in [1.54, 1.807) is 25.1 Å². The van der Waals surface area contributed by atoms with E-state index in [1.807, 2.05) is 0 Å². The van der Waals surface area contributed by atoms with E-state index >= 15 is 0 Å². The zero-order chi connectivity index (χ0) is 18.2. The molecule has 0 atom stereocenters. The molecule has 3 rings (SSSR count). The maximum absolute atomic E-state index is 13.0. The molecule has 0 aliphatic heterocycles. The monoisotopic (exact) mass is 386 g/mol. The zero-order valence-corrected chi connectivity index (χ0v) is 14.2. The summed E-state index contributed by atoms with van der Waals surface area (Å²) in [6, 6.07) is 8.49. The highest BCUT2D eigenvalue weighted by molar-refractivity contribution is 7.10. The number of alkyl halides is 3. The molecule has 0 saturated heterocycles. The van der Waals surface area contributed by atoms with Gasteiger partial charge in [-0.15, -0.1) is 0 Å². The van der Waals surface area contributed by atoms with Gasteiger partial charge in [0, 0.05) is 6.07 Å². The molecule has 0 aliphatic carbocycles. The number of nitrogens with zero attached hydrogens (tertiary/aromatic N) is 3. The molecule has 25 heavy (non-hydrogen) atoms. The van der Waals surface area contributed by atoms with Gasteiger partial charge in [-0.3, -0.25) is 4.79 Å². The van der Waals surface area contributed by atoms with Crippen LogP contribution in [0.1, 0.15) is 21.9 Å². The second-order valence-corrected chi connectivity index (χ2v) is 6.27. The first kappa shape index (κ1) is 17.4. The second kappa shape index (κ2) is 6.49. The molecule has 2 heterocycles. The number of nitrogens with one attached hydrogen (secondary N) is 1. The van der Waals surface area contributed by atoms with Crippen molar-refractivity contribution in [3.05, 3.63) is 58.5 Å². The van der Waals surface area contributed by atoms with Crippen LogP contribution < -0.4 is 5.32 Å². The van der Waals surface area contributed by atoms with Crippen molar-refractivity contribution in [2.75, 3.05) is 5.32 Å². The lowest BCUT2D eigenvalue weighted by atomic mass is 10.3. The molecule has 0 bridgehead atoms. The fraction of sp³-hybridized carbons (Fsp3) is 0.133. The summed E-state index contributed by atoms with van der Waals surface area (Å²) in [5, 5.41) is 6.62. The number of aromatic nitrogens is 3. The Kier molecular flexibility index (Phi) is 4.53. The molecule has 1 amide bonds. The van der Waals surface area contributed by atoms with Gasteiger partial charge in [0.2, 0.25) is 0 Å². The van der Waals surface area contributed by atoms with Crippen LogP contribution in [0.25, 0.3) is 5.69 Å². The van der Waals surface area contributed by atoms with Crippen LogP contribution in [0.3, 0.4) is 0 Å². The smallest absolute Gasteiger partial charge is 0.311 e. The molecule has 3 aromatic rings. The van der Waals surface area contributed by atoms with E-state index in [1.165, 1.54) is 12.1 Å². The molecule has 1 aromatic carbocycles. The standard InChI is InChI=1S/C15H10ClF3N4OS/c1-8-6-13(25-22-8)20-14(24)11-7-12(15(17,18)19)21-23(11)10-5-3-2-4-9(10)16/h2-7H,1H3,(H,20,24). The summed E-state index contributed by atoms with van der Waals surface area (Å²) in [7, 11) is 0. The number of para-hydroxylation sites is 1. The van der Waals surface area contributed by atoms with E-state index in [0.717, 1.165) is 16.2 Å². The Morgan fingerprint density at radius 2 is 2.00 bits per heavy atom. The van der Waals surface area contributed by atoms with Crippen LogP contribution in [0.15, 0.2) is 36.4 Å². The predicted molar refractivity (Wildman–Crippen MR) is 88.4 cm³/mol. The zero-order valence-electron chi connectivity index (χ0n) is 12.6. The van der Waals surface area contributed by atoms with Crippen LogP contribution >= 0.6 is 23.1 Å². The van der Waals surface area contributed by atoms with Crippen LogP contribution in [0, 0.1) is 6.92 Å². The molecular formula is C15H10ClF3N4OS. The summed E-state index contributed by atoms with van der Waals surface area (Å²) in [6.07, 6.45) is -4.69. The third-order valence-corrected chi connectivity index (χ3v) is 4.29. The first-order valence-corrected chi connectivity index (χ1v) is 8.07. The van der Waals surface area contributed by atoms with Gasteiger partial charge in [-0.2, -0.15) is 22.6 Å². The molecule has 0 radical (unpaired) electrons. The van der Waals surface area contributed by atoms with Crippen molar-refractivity contribution >= 4 is 34.0 Å². The topological polar surface area (TPSA) is 59.8 Å². The first-order chi connectivity index (χ1) is 11.8. The number of rotatable bonds is 3. The van der Waals surface area contributed by atoms with Gasteiger partial charge < -0.3 is 5.32 Å². The summed E-state index contributed by atoms with van der Waals surface area (Å²) < 4.78 is 44.0. The Labute approximate surface area is 149 Å². The van der Waals surface area contributed by atoms with Crippen molar-refractivity contribution in [1.82, 2.24) is 14.2 Å². The SMILES string of the molecule is Cc1cc(NC(=O)c2cc(C(F)(F)F)nn2-c2ccccc2Cl)sn1. The third kappa shape index (κ3) is 3.67. The lowest BCUT2D eigenvalue weighted by Crippen LogP contribution is -2.16. The van der Waals surface area contributed by atoms with Gasteiger partial charge in [-0.25, -0.2) is 4.68 Å². The quantitative estimate of drug-likeness (QED) is 0.717. The molecule has 0 spiro atoms. The Hall–Kier alpha value is -2.39. The van der Waals surface area contributed by atoms with Crippen molar-refractivity contribution < 1.29 is 18.0 Å². The fourth-order valence-electron chi connectivity index (χ4n) is 2.09. The van der Waals surface area contributed by atoms with Gasteiger partial charge in [-0.05, 0) is 36.7 Å². The fourth-order valence-corrected chi connectivity index (χ4v) is 2.96. The molecule has 0 aliphatic rings. The molecule has 0 unspecified atom stereocenters. The Balaban J connectivity index is 2.06. The minimum atomic E-state index is -4.69. The number of amides is 1. The van der Waals surface area contributed by atoms with E-state index in [-0.39, 0.29) is 16.4 Å². The number of anilines is 1. The normalized spacial score (nSPS) is 11.6. The van der Waals surface area contributed by atoms with Crippen LogP contribution in [-0.2, 0) is 6.18 Å². The van der Waals surface area contributed by atoms with Gasteiger partial charge in [0.15, 0.2) is 5.69 Å². The summed E-state index contributed by atoms with van der Waals surface area (Å²) in [4.78, 5) is 12.5. The number of carbonyl (C=O) groups excluding carboxylic acids is 1. The van der Waals surface area contributed by atoms with E-state index in [0.29, 0.717) is 16.8 Å². The van der Waals surface area contributed by atoms with Crippen molar-refractivity contribution in [1.29, 1.82) is 0 Å². The Morgan fingerprint density at radius 1 is 1.28 bits per heavy atom. The van der Waals surface area contributed by atoms with Crippen LogP contribution in [0.2, 0.25) is 5.02 Å². The molecule has 0 saturated carbocycles. The molecule has 0 fully saturated rings. The van der Waals surface area contributed by atoms with Crippen LogP contribution in [0.5, 0.6) is 0 Å². The average molecular weight is 387 g/mol. The first-order valence-electron chi connectivity index (χ1n) is 6.92. The highest BCUT2D eigenvalue weighted by Crippen LogP contribution is 2.31. The minimum Gasteiger partial charge on any atom is -0.311 e. The molecule has 1 N–H and O–H groups in total. The van der Waals surface area contributed by atoms with E-state index in [2.05, 4.69) is 14.8 Å². The third-order valence-electron chi connectivity index (χ3n) is 3.18. The van der Waals surface area contributed by atoms with Gasteiger partial charge in [-0.1, -0.05) is 23.7 Å². The van der Waals surface area contributed by atoms with Gasteiger partial charge in [0.1, 0.15) is 10.7 Å². The van der Waals surface area contributed by atoms with Crippen LogP contribution in [0.4, 0.5) is 18.2 Å². The molecule has 10 heteroatoms. The molecule has 130 valence electrons. The second-order valence-electron chi connectivity index (χ2n) is 5.06. The van der Waals surface area contributed by atoms with E-state index in [9.17, 15) is 18.0 Å². The number of hydrogen-bond acceptors (Lipinski definition) is 4. The van der Waals surface area contributed by atoms with Gasteiger partial charge >= 0.3 is 6.18 Å². The summed E-state index contributed by atoms with van der Waals surface area (Å²) in [5.41, 5.74) is -0.606. The largest absolute Gasteiger partial charge is 0.435 e. The number of benzene rings is 1. The maximum atomic E-state index is 13.0. The van der Waals surface area contributed by atoms with Crippen LogP contribution in [-0.4, -0.2) is 20.1 Å². The number of aryl methyl sites for hydroxylation is 1. The lowest BCUT2D eigenvalue weighted by molar-refractivity contribution is -0.141. The Morgan fingerprint density at radius 3 is 2.60 bits per heavy atom. The van der Waals surface area contributed by atoms with E-state index < -0.39 is 17.8 Å². The van der Waals surface area contributed by atoms with Crippen molar-refractivity contribution in [3.8, 4) is 5.69 Å². The van der Waals surface area contributed by atoms with E-state index in [4.69, 9.17) is 11.6 Å². The van der Waals surface area contributed by atoms with Gasteiger partial charge in [0.25, 0.3) is 5.91 Å². The number of carbonyl (C=O) groups is 1. The number of hydrogen-bond donors (Lipinski definition) is 1. The minimum absolute atomic E-state index is 0.169. The van der Waals surface area contributed by atoms with Crippen molar-refractivity contribution in [3.63, 3.8) is 0 Å². The number of halogens is 4. The summed E-state index contributed by atoms with van der Waals surface area (Å²) in [6.45, 7) is 1.74. The average Bonchev–Trinajstić information content (AvgIpc) is 3.14. The highest BCUT2D eigenvalue weighted by Gasteiger charge is 2.36. The Bertz CT molecular complexity index is 935. The molecule has 5 nitrogen and oxygen atoms in total. The van der Waals surface area contributed by atoms with Gasteiger partial charge in [0.05, 0.1) is 16.4 Å². The van der Waals surface area contributed by atoms with Crippen molar-refractivity contribution in [2.24, 2.45) is 0 Å².